The number of halogens is 1. The van der Waals surface area contributed by atoms with Crippen molar-refractivity contribution in [3.05, 3.63) is 53.3 Å². The second-order valence-electron chi connectivity index (χ2n) is 5.30. The van der Waals surface area contributed by atoms with Crippen molar-refractivity contribution in [3.63, 3.8) is 0 Å². The lowest BCUT2D eigenvalue weighted by Gasteiger charge is -2.10. The lowest BCUT2D eigenvalue weighted by Crippen LogP contribution is -2.15. The Hall–Kier alpha value is -2.34. The van der Waals surface area contributed by atoms with Crippen molar-refractivity contribution in [1.29, 1.82) is 0 Å². The van der Waals surface area contributed by atoms with Crippen LogP contribution in [0, 0.1) is 12.7 Å². The number of nitrogens with one attached hydrogen (secondary N) is 2. The van der Waals surface area contributed by atoms with Gasteiger partial charge in [0, 0.05) is 22.6 Å². The maximum Gasteiger partial charge on any atom is 0.255 e. The van der Waals surface area contributed by atoms with Crippen molar-refractivity contribution in [2.75, 3.05) is 16.4 Å². The lowest BCUT2D eigenvalue weighted by molar-refractivity contribution is -0.115. The first-order valence-corrected chi connectivity index (χ1v) is 8.16. The van der Waals surface area contributed by atoms with Crippen molar-refractivity contribution < 1.29 is 14.0 Å². The second kappa shape index (κ2) is 6.42. The van der Waals surface area contributed by atoms with Crippen LogP contribution in [0.4, 0.5) is 15.8 Å². The van der Waals surface area contributed by atoms with Crippen molar-refractivity contribution in [2.24, 2.45) is 0 Å². The number of rotatable bonds is 2. The van der Waals surface area contributed by atoms with Crippen LogP contribution in [0.25, 0.3) is 0 Å². The molecule has 0 unspecified atom stereocenters. The minimum absolute atomic E-state index is 0.0708. The molecule has 2 aromatic carbocycles. The third-order valence-corrected chi connectivity index (χ3v) is 4.55. The summed E-state index contributed by atoms with van der Waals surface area (Å²) < 4.78 is 13.7. The van der Waals surface area contributed by atoms with E-state index in [9.17, 15) is 14.0 Å². The number of thioether (sulfide) groups is 1. The first-order chi connectivity index (χ1) is 11.0. The quantitative estimate of drug-likeness (QED) is 0.880. The minimum atomic E-state index is -0.484. The summed E-state index contributed by atoms with van der Waals surface area (Å²) in [6.07, 6.45) is 0.440. The van der Waals surface area contributed by atoms with E-state index in [1.54, 1.807) is 42.1 Å². The van der Waals surface area contributed by atoms with Crippen LogP contribution < -0.4 is 10.6 Å². The Bertz CT molecular complexity index is 792. The molecule has 3 rings (SSSR count). The van der Waals surface area contributed by atoms with E-state index in [2.05, 4.69) is 10.6 Å². The minimum Gasteiger partial charge on any atom is -0.325 e. The second-order valence-corrected chi connectivity index (χ2v) is 6.43. The number of hydrogen-bond acceptors (Lipinski definition) is 3. The summed E-state index contributed by atoms with van der Waals surface area (Å²) in [6.45, 7) is 1.82. The zero-order chi connectivity index (χ0) is 16.4. The molecule has 1 aliphatic heterocycles. The van der Waals surface area contributed by atoms with Gasteiger partial charge in [0.2, 0.25) is 5.91 Å². The molecular weight excluding hydrogens is 315 g/mol. The van der Waals surface area contributed by atoms with Crippen LogP contribution in [0.2, 0.25) is 0 Å². The van der Waals surface area contributed by atoms with Gasteiger partial charge in [-0.2, -0.15) is 0 Å². The van der Waals surface area contributed by atoms with Crippen LogP contribution in [0.15, 0.2) is 41.3 Å². The zero-order valence-electron chi connectivity index (χ0n) is 12.5. The molecule has 0 atom stereocenters. The highest BCUT2D eigenvalue weighted by atomic mass is 32.2. The smallest absolute Gasteiger partial charge is 0.255 e. The summed E-state index contributed by atoms with van der Waals surface area (Å²) >= 11 is 1.57. The fraction of sp³-hybridized carbons (Fsp3) is 0.176. The van der Waals surface area contributed by atoms with Gasteiger partial charge in [-0.15, -0.1) is 11.8 Å². The molecule has 0 aromatic heterocycles. The van der Waals surface area contributed by atoms with Crippen LogP contribution in [0.1, 0.15) is 22.3 Å². The Morgan fingerprint density at radius 2 is 2.09 bits per heavy atom. The highest BCUT2D eigenvalue weighted by molar-refractivity contribution is 7.99. The fourth-order valence-electron chi connectivity index (χ4n) is 2.29. The molecule has 2 amide bonds. The summed E-state index contributed by atoms with van der Waals surface area (Å²) in [5.41, 5.74) is 1.98. The van der Waals surface area contributed by atoms with E-state index in [4.69, 9.17) is 0 Å². The fourth-order valence-corrected chi connectivity index (χ4v) is 3.23. The van der Waals surface area contributed by atoms with E-state index in [1.165, 1.54) is 6.07 Å². The molecule has 2 aromatic rings. The van der Waals surface area contributed by atoms with Gasteiger partial charge in [-0.3, -0.25) is 9.59 Å². The molecule has 0 aliphatic carbocycles. The van der Waals surface area contributed by atoms with Gasteiger partial charge in [-0.05, 0) is 42.8 Å². The third kappa shape index (κ3) is 3.53. The number of fused-ring (bicyclic) bond motifs is 1. The number of benzene rings is 2. The number of amides is 2. The maximum atomic E-state index is 13.7. The summed E-state index contributed by atoms with van der Waals surface area (Å²) in [4.78, 5) is 24.9. The van der Waals surface area contributed by atoms with E-state index in [0.717, 1.165) is 10.5 Å². The van der Waals surface area contributed by atoms with E-state index in [-0.39, 0.29) is 11.6 Å². The molecule has 0 radical (unpaired) electrons. The van der Waals surface area contributed by atoms with Crippen LogP contribution in [0.5, 0.6) is 0 Å². The van der Waals surface area contributed by atoms with Crippen molar-refractivity contribution >= 4 is 35.0 Å². The van der Waals surface area contributed by atoms with Gasteiger partial charge in [-0.1, -0.05) is 6.07 Å². The molecule has 118 valence electrons. The largest absolute Gasteiger partial charge is 0.325 e. The average Bonchev–Trinajstić information content (AvgIpc) is 2.70. The van der Waals surface area contributed by atoms with Crippen molar-refractivity contribution in [3.8, 4) is 0 Å². The summed E-state index contributed by atoms with van der Waals surface area (Å²) in [7, 11) is 0. The highest BCUT2D eigenvalue weighted by Gasteiger charge is 2.16. The molecule has 0 saturated carbocycles. The van der Waals surface area contributed by atoms with Gasteiger partial charge in [0.25, 0.3) is 5.91 Å². The van der Waals surface area contributed by atoms with Crippen LogP contribution in [0.3, 0.4) is 0 Å². The molecule has 1 aliphatic rings. The first-order valence-electron chi connectivity index (χ1n) is 7.17. The van der Waals surface area contributed by atoms with Gasteiger partial charge in [-0.25, -0.2) is 4.39 Å². The molecule has 0 spiro atoms. The predicted molar refractivity (Wildman–Crippen MR) is 89.5 cm³/mol. The lowest BCUT2D eigenvalue weighted by atomic mass is 10.1. The van der Waals surface area contributed by atoms with E-state index < -0.39 is 11.7 Å². The Morgan fingerprint density at radius 3 is 2.91 bits per heavy atom. The Morgan fingerprint density at radius 1 is 1.26 bits per heavy atom. The Balaban J connectivity index is 1.85. The zero-order valence-corrected chi connectivity index (χ0v) is 13.3. The SMILES string of the molecule is Cc1ccc(F)c(NC(=O)c2ccc3c(c2)NC(=O)CCS3)c1. The van der Waals surface area contributed by atoms with E-state index >= 15 is 0 Å². The predicted octanol–water partition coefficient (Wildman–Crippen LogP) is 3.82. The maximum absolute atomic E-state index is 13.7. The van der Waals surface area contributed by atoms with Crippen LogP contribution in [-0.4, -0.2) is 17.6 Å². The molecule has 0 fully saturated rings. The topological polar surface area (TPSA) is 58.2 Å². The molecule has 2 N–H and O–H groups in total. The normalized spacial score (nSPS) is 13.7. The molecular formula is C17H15FN2O2S. The molecule has 0 saturated heterocycles. The first kappa shape index (κ1) is 15.6. The Labute approximate surface area is 137 Å². The number of carbonyl (C=O) groups excluding carboxylic acids is 2. The number of hydrogen-bond donors (Lipinski definition) is 2. The number of aryl methyl sites for hydroxylation is 1. The van der Waals surface area contributed by atoms with Gasteiger partial charge in [0.1, 0.15) is 5.82 Å². The standard InChI is InChI=1S/C17H15FN2O2S/c1-10-2-4-12(18)13(8-10)20-17(22)11-3-5-15-14(9-11)19-16(21)6-7-23-15/h2-5,8-9H,6-7H2,1H3,(H,19,21)(H,20,22). The van der Waals surface area contributed by atoms with E-state index in [1.807, 2.05) is 6.92 Å². The molecule has 0 bridgehead atoms. The molecule has 23 heavy (non-hydrogen) atoms. The number of carbonyl (C=O) groups is 2. The van der Waals surface area contributed by atoms with Crippen molar-refractivity contribution in [2.45, 2.75) is 18.2 Å². The molecule has 1 heterocycles. The van der Waals surface area contributed by atoms with Gasteiger partial charge >= 0.3 is 0 Å². The average molecular weight is 330 g/mol. The van der Waals surface area contributed by atoms with Gasteiger partial charge in [0.05, 0.1) is 11.4 Å². The third-order valence-electron chi connectivity index (χ3n) is 3.47. The summed E-state index contributed by atoms with van der Waals surface area (Å²) in [5.74, 6) is -0.263. The van der Waals surface area contributed by atoms with Gasteiger partial charge in [0.15, 0.2) is 0 Å². The molecule has 6 heteroatoms. The van der Waals surface area contributed by atoms with E-state index in [0.29, 0.717) is 23.4 Å². The van der Waals surface area contributed by atoms with Gasteiger partial charge < -0.3 is 10.6 Å². The van der Waals surface area contributed by atoms with Crippen LogP contribution in [-0.2, 0) is 4.79 Å². The summed E-state index contributed by atoms with van der Waals surface area (Å²) in [6, 6.07) is 9.63. The highest BCUT2D eigenvalue weighted by Crippen LogP contribution is 2.31. The van der Waals surface area contributed by atoms with Crippen LogP contribution >= 0.6 is 11.8 Å². The number of anilines is 2. The Kier molecular flexibility index (Phi) is 4.34. The van der Waals surface area contributed by atoms with Crippen molar-refractivity contribution in [1.82, 2.24) is 0 Å². The molecule has 4 nitrogen and oxygen atoms in total. The monoisotopic (exact) mass is 330 g/mol. The summed E-state index contributed by atoms with van der Waals surface area (Å²) in [5, 5.41) is 5.36.